The number of ether oxygens (including phenoxy) is 2. The number of fused-ring (bicyclic) bond motifs is 1. The monoisotopic (exact) mass is 538 g/mol. The van der Waals surface area contributed by atoms with Crippen molar-refractivity contribution in [2.24, 2.45) is 0 Å². The van der Waals surface area contributed by atoms with Gasteiger partial charge in [-0.25, -0.2) is 9.97 Å². The van der Waals surface area contributed by atoms with Gasteiger partial charge in [-0.3, -0.25) is 4.98 Å². The molecule has 1 N–H and O–H groups in total. The zero-order valence-corrected chi connectivity index (χ0v) is 20.0. The maximum Gasteiger partial charge on any atom is 0.154 e. The Morgan fingerprint density at radius 2 is 1.66 bits per heavy atom. The summed E-state index contributed by atoms with van der Waals surface area (Å²) in [6.45, 7) is 0.762. The minimum Gasteiger partial charge on any atom is -0.497 e. The van der Waals surface area contributed by atoms with Gasteiger partial charge in [-0.1, -0.05) is 6.08 Å². The molecule has 0 aliphatic rings. The van der Waals surface area contributed by atoms with Gasteiger partial charge in [0.15, 0.2) is 5.82 Å². The number of aromatic nitrogens is 3. The third-order valence-electron chi connectivity index (χ3n) is 4.93. The lowest BCUT2D eigenvalue weighted by Gasteiger charge is -2.10. The first kappa shape index (κ1) is 22.0. The molecule has 32 heavy (non-hydrogen) atoms. The number of nitrogens with one attached hydrogen (secondary N) is 1. The maximum atomic E-state index is 5.36. The number of pyridine rings is 1. The van der Waals surface area contributed by atoms with Crippen molar-refractivity contribution >= 4 is 51.5 Å². The Morgan fingerprint density at radius 3 is 2.38 bits per heavy atom. The summed E-state index contributed by atoms with van der Waals surface area (Å²) >= 11 is 2.31. The van der Waals surface area contributed by atoms with Crippen molar-refractivity contribution in [3.05, 3.63) is 81.4 Å². The number of methoxy groups -OCH3 is 2. The molecule has 2 aromatic carbocycles. The molecule has 0 unspecified atom stereocenters. The number of benzene rings is 2. The summed E-state index contributed by atoms with van der Waals surface area (Å²) in [6, 6.07) is 16.0. The van der Waals surface area contributed by atoms with E-state index in [0.717, 1.165) is 50.3 Å². The second kappa shape index (κ2) is 10.4. The van der Waals surface area contributed by atoms with Crippen molar-refractivity contribution in [2.75, 3.05) is 26.1 Å². The van der Waals surface area contributed by atoms with Crippen LogP contribution < -0.4 is 14.8 Å². The molecule has 0 radical (unpaired) electrons. The van der Waals surface area contributed by atoms with Crippen molar-refractivity contribution in [3.8, 4) is 11.5 Å². The fraction of sp³-hybridized carbons (Fsp3) is 0.160. The second-order valence-electron chi connectivity index (χ2n) is 7.10. The molecule has 7 heteroatoms. The van der Waals surface area contributed by atoms with Crippen LogP contribution in [0, 0.1) is 3.57 Å². The predicted molar refractivity (Wildman–Crippen MR) is 137 cm³/mol. The maximum absolute atomic E-state index is 5.36. The molecule has 0 bridgehead atoms. The van der Waals surface area contributed by atoms with Crippen LogP contribution in [0.1, 0.15) is 17.0 Å². The minimum atomic E-state index is 0.631. The number of anilines is 1. The van der Waals surface area contributed by atoms with Crippen LogP contribution in [-0.2, 0) is 6.42 Å². The average Bonchev–Trinajstić information content (AvgIpc) is 2.83. The van der Waals surface area contributed by atoms with E-state index < -0.39 is 0 Å². The lowest BCUT2D eigenvalue weighted by molar-refractivity contribution is 0.394. The molecule has 0 fully saturated rings. The molecule has 0 aliphatic carbocycles. The number of rotatable bonds is 8. The molecule has 0 spiro atoms. The zero-order chi connectivity index (χ0) is 22.3. The molecule has 0 amide bonds. The van der Waals surface area contributed by atoms with Crippen LogP contribution in [0.5, 0.6) is 11.5 Å². The first-order chi connectivity index (χ1) is 15.6. The van der Waals surface area contributed by atoms with Gasteiger partial charge in [0.25, 0.3) is 0 Å². The highest BCUT2D eigenvalue weighted by Gasteiger charge is 2.08. The van der Waals surface area contributed by atoms with Crippen molar-refractivity contribution < 1.29 is 9.47 Å². The van der Waals surface area contributed by atoms with Crippen molar-refractivity contribution in [2.45, 2.75) is 6.42 Å². The van der Waals surface area contributed by atoms with Crippen LogP contribution in [0.4, 0.5) is 5.82 Å². The molecule has 0 atom stereocenters. The Kier molecular flexibility index (Phi) is 7.16. The Morgan fingerprint density at radius 1 is 0.906 bits per heavy atom. The summed E-state index contributed by atoms with van der Waals surface area (Å²) < 4.78 is 11.9. The highest BCUT2D eigenvalue weighted by molar-refractivity contribution is 14.1. The summed E-state index contributed by atoms with van der Waals surface area (Å²) in [5.41, 5.74) is 3.07. The van der Waals surface area contributed by atoms with E-state index in [4.69, 9.17) is 19.4 Å². The quantitative estimate of drug-likeness (QED) is 0.300. The Hall–Kier alpha value is -3.20. The summed E-state index contributed by atoms with van der Waals surface area (Å²) in [5.74, 6) is 2.92. The highest BCUT2D eigenvalue weighted by atomic mass is 127. The average molecular weight is 538 g/mol. The van der Waals surface area contributed by atoms with Crippen LogP contribution in [0.25, 0.3) is 23.1 Å². The minimum absolute atomic E-state index is 0.631. The van der Waals surface area contributed by atoms with Gasteiger partial charge in [0.2, 0.25) is 0 Å². The van der Waals surface area contributed by atoms with Gasteiger partial charge in [-0.05, 0) is 88.7 Å². The fourth-order valence-corrected chi connectivity index (χ4v) is 3.79. The lowest BCUT2D eigenvalue weighted by atomic mass is 10.1. The van der Waals surface area contributed by atoms with Crippen LogP contribution >= 0.6 is 22.6 Å². The molecule has 6 nitrogen and oxygen atoms in total. The molecule has 4 rings (SSSR count). The van der Waals surface area contributed by atoms with Gasteiger partial charge in [0, 0.05) is 34.0 Å². The van der Waals surface area contributed by atoms with Crippen molar-refractivity contribution in [1.82, 2.24) is 15.0 Å². The van der Waals surface area contributed by atoms with Gasteiger partial charge in [0.1, 0.15) is 17.3 Å². The van der Waals surface area contributed by atoms with Crippen LogP contribution in [0.3, 0.4) is 0 Å². The number of nitrogens with zero attached hydrogens (tertiary/aromatic N) is 3. The smallest absolute Gasteiger partial charge is 0.154 e. The summed E-state index contributed by atoms with van der Waals surface area (Å²) in [4.78, 5) is 13.6. The molecule has 4 aromatic rings. The van der Waals surface area contributed by atoms with Gasteiger partial charge < -0.3 is 14.8 Å². The van der Waals surface area contributed by atoms with Crippen LogP contribution in [0.2, 0.25) is 0 Å². The van der Waals surface area contributed by atoms with Crippen molar-refractivity contribution in [1.29, 1.82) is 0 Å². The SMILES string of the molecule is COc1cc(/C=C/c2nc(NCCc3ccncc3)c3cc(I)ccc3n2)cc(OC)c1. The van der Waals surface area contributed by atoms with E-state index in [2.05, 4.69) is 45.0 Å². The highest BCUT2D eigenvalue weighted by Crippen LogP contribution is 2.25. The fourth-order valence-electron chi connectivity index (χ4n) is 3.30. The van der Waals surface area contributed by atoms with Crippen LogP contribution in [0.15, 0.2) is 60.9 Å². The normalized spacial score (nSPS) is 11.1. The van der Waals surface area contributed by atoms with Crippen LogP contribution in [-0.4, -0.2) is 35.7 Å². The Balaban J connectivity index is 1.62. The van der Waals surface area contributed by atoms with E-state index >= 15 is 0 Å². The van der Waals surface area contributed by atoms with Crippen molar-refractivity contribution in [3.63, 3.8) is 0 Å². The third-order valence-corrected chi connectivity index (χ3v) is 5.60. The number of hydrogen-bond donors (Lipinski definition) is 1. The topological polar surface area (TPSA) is 69.2 Å². The molecule has 2 heterocycles. The molecule has 0 aliphatic heterocycles. The summed E-state index contributed by atoms with van der Waals surface area (Å²) in [6.07, 6.45) is 8.37. The van der Waals surface area contributed by atoms with E-state index in [1.165, 1.54) is 5.56 Å². The first-order valence-electron chi connectivity index (χ1n) is 10.2. The zero-order valence-electron chi connectivity index (χ0n) is 17.9. The Labute approximate surface area is 200 Å². The molecular weight excluding hydrogens is 515 g/mol. The number of hydrogen-bond acceptors (Lipinski definition) is 6. The van der Waals surface area contributed by atoms with Gasteiger partial charge >= 0.3 is 0 Å². The van der Waals surface area contributed by atoms with E-state index in [-0.39, 0.29) is 0 Å². The van der Waals surface area contributed by atoms with Gasteiger partial charge in [-0.15, -0.1) is 0 Å². The number of halogens is 1. The lowest BCUT2D eigenvalue weighted by Crippen LogP contribution is -2.08. The van der Waals surface area contributed by atoms with E-state index in [1.54, 1.807) is 14.2 Å². The molecule has 0 saturated heterocycles. The van der Waals surface area contributed by atoms with Gasteiger partial charge in [0.05, 0.1) is 19.7 Å². The first-order valence-corrected chi connectivity index (χ1v) is 11.2. The Bertz CT molecular complexity index is 1220. The molecule has 0 saturated carbocycles. The van der Waals surface area contributed by atoms with E-state index in [9.17, 15) is 0 Å². The second-order valence-corrected chi connectivity index (χ2v) is 8.35. The molecule has 2 aromatic heterocycles. The molecular formula is C25H23IN4O2. The predicted octanol–water partition coefficient (Wildman–Crippen LogP) is 5.47. The molecule has 162 valence electrons. The van der Waals surface area contributed by atoms with E-state index in [0.29, 0.717) is 5.82 Å². The third kappa shape index (κ3) is 5.53. The summed E-state index contributed by atoms with van der Waals surface area (Å²) in [7, 11) is 3.28. The van der Waals surface area contributed by atoms with Gasteiger partial charge in [-0.2, -0.15) is 0 Å². The standard InChI is InChI=1S/C25H23IN4O2/c1-31-20-13-18(14-21(16-20)32-2)3-6-24-29-23-5-4-19(26)15-22(23)25(30-24)28-12-9-17-7-10-27-11-8-17/h3-8,10-11,13-16H,9,12H2,1-2H3,(H,28,29,30)/b6-3+. The summed E-state index contributed by atoms with van der Waals surface area (Å²) in [5, 5.41) is 4.50. The van der Waals surface area contributed by atoms with E-state index in [1.807, 2.05) is 60.9 Å². The largest absolute Gasteiger partial charge is 0.497 e.